The van der Waals surface area contributed by atoms with Gasteiger partial charge in [0.1, 0.15) is 22.8 Å². The van der Waals surface area contributed by atoms with Crippen LogP contribution in [0, 0.1) is 0 Å². The highest BCUT2D eigenvalue weighted by Crippen LogP contribution is 2.44. The summed E-state index contributed by atoms with van der Waals surface area (Å²) in [5.41, 5.74) is 4.80. The molecule has 1 N–H and O–H groups in total. The van der Waals surface area contributed by atoms with Crippen LogP contribution in [0.25, 0.3) is 5.57 Å². The van der Waals surface area contributed by atoms with Gasteiger partial charge in [0.25, 0.3) is 5.71 Å². The minimum atomic E-state index is -0.510. The van der Waals surface area contributed by atoms with Crippen molar-refractivity contribution in [2.75, 3.05) is 20.3 Å². The van der Waals surface area contributed by atoms with E-state index in [1.807, 2.05) is 91.0 Å². The second-order valence-electron chi connectivity index (χ2n) is 9.40. The Morgan fingerprint density at radius 1 is 0.825 bits per heavy atom. The molecular formula is C34H32NO5+. The molecule has 0 atom stereocenters. The van der Waals surface area contributed by atoms with Crippen molar-refractivity contribution in [2.45, 2.75) is 19.8 Å². The lowest BCUT2D eigenvalue weighted by molar-refractivity contribution is -0.753. The molecule has 0 aliphatic heterocycles. The van der Waals surface area contributed by atoms with Crippen LogP contribution >= 0.6 is 0 Å². The van der Waals surface area contributed by atoms with Crippen LogP contribution in [-0.2, 0) is 16.0 Å². The first kappa shape index (κ1) is 26.8. The van der Waals surface area contributed by atoms with Gasteiger partial charge < -0.3 is 14.2 Å². The lowest BCUT2D eigenvalue weighted by atomic mass is 9.96. The molecule has 4 aromatic rings. The van der Waals surface area contributed by atoms with E-state index in [0.29, 0.717) is 40.5 Å². The molecule has 0 heterocycles. The smallest absolute Gasteiger partial charge is 0.345 e. The van der Waals surface area contributed by atoms with Crippen molar-refractivity contribution < 1.29 is 29.0 Å². The highest BCUT2D eigenvalue weighted by atomic mass is 16.5. The summed E-state index contributed by atoms with van der Waals surface area (Å²) in [5.74, 6) is 1.53. The lowest BCUT2D eigenvalue weighted by Gasteiger charge is -2.14. The monoisotopic (exact) mass is 534 g/mol. The molecule has 0 saturated carbocycles. The Morgan fingerprint density at radius 2 is 1.50 bits per heavy atom. The van der Waals surface area contributed by atoms with Crippen LogP contribution in [0.2, 0.25) is 0 Å². The van der Waals surface area contributed by atoms with Gasteiger partial charge in [0.15, 0.2) is 7.05 Å². The molecule has 5 rings (SSSR count). The number of nitrogens with zero attached hydrogens (tertiary/aromatic N) is 1. The maximum absolute atomic E-state index is 13.3. The van der Waals surface area contributed by atoms with E-state index < -0.39 is 5.97 Å². The van der Waals surface area contributed by atoms with Crippen molar-refractivity contribution in [1.29, 1.82) is 0 Å². The molecule has 6 heteroatoms. The summed E-state index contributed by atoms with van der Waals surface area (Å²) in [7, 11) is 1.51. The van der Waals surface area contributed by atoms with Crippen molar-refractivity contribution >= 4 is 17.3 Å². The summed E-state index contributed by atoms with van der Waals surface area (Å²) in [4.78, 5) is 13.3. The van der Waals surface area contributed by atoms with Gasteiger partial charge in [-0.15, -0.1) is 0 Å². The molecule has 0 saturated heterocycles. The summed E-state index contributed by atoms with van der Waals surface area (Å²) >= 11 is 0. The molecule has 0 aromatic heterocycles. The van der Waals surface area contributed by atoms with Gasteiger partial charge in [0.05, 0.1) is 18.8 Å². The van der Waals surface area contributed by atoms with Crippen LogP contribution in [0.15, 0.2) is 109 Å². The van der Waals surface area contributed by atoms with E-state index >= 15 is 0 Å². The Hall–Kier alpha value is -4.84. The molecular weight excluding hydrogens is 502 g/mol. The van der Waals surface area contributed by atoms with Crippen molar-refractivity contribution in [3.8, 4) is 17.2 Å². The molecule has 0 bridgehead atoms. The van der Waals surface area contributed by atoms with Gasteiger partial charge in [-0.05, 0) is 72.0 Å². The largest absolute Gasteiger partial charge is 0.493 e. The van der Waals surface area contributed by atoms with Gasteiger partial charge in [-0.25, -0.2) is 4.79 Å². The fourth-order valence-electron chi connectivity index (χ4n) is 4.93. The Balaban J connectivity index is 1.52. The van der Waals surface area contributed by atoms with Crippen LogP contribution in [-0.4, -0.2) is 41.9 Å². The standard InChI is InChI=1S/C34H32NO5/c1-3-38-34(36)32-30(25-19-21-27(22-20-25)40-26-15-8-5-9-16-26)31-28(33(32)35(2)37)17-10-18-29(31)39-23-11-14-24-12-6-4-7-13-24/h4-10,12-13,15-22,37H,3,11,14,23H2,1-2H3/q+1/b35-33+. The number of esters is 1. The zero-order chi connectivity index (χ0) is 27.9. The SMILES string of the molecule is CCOC(=O)C1=C(c2ccc(Oc3ccccc3)cc2)c2c(OCCCc3ccccc3)cccc2/C1=[N+](/C)O. The zero-order valence-corrected chi connectivity index (χ0v) is 22.7. The minimum Gasteiger partial charge on any atom is -0.493 e. The normalized spacial score (nSPS) is 13.6. The quantitative estimate of drug-likeness (QED) is 0.0807. The Labute approximate surface area is 234 Å². The maximum atomic E-state index is 13.3. The first-order valence-electron chi connectivity index (χ1n) is 13.4. The van der Waals surface area contributed by atoms with Gasteiger partial charge in [0, 0.05) is 11.1 Å². The van der Waals surface area contributed by atoms with E-state index in [1.165, 1.54) is 12.6 Å². The molecule has 0 fully saturated rings. The summed E-state index contributed by atoms with van der Waals surface area (Å²) in [6, 6.07) is 33.0. The average Bonchev–Trinajstić information content (AvgIpc) is 3.33. The highest BCUT2D eigenvalue weighted by molar-refractivity contribution is 6.35. The Kier molecular flexibility index (Phi) is 8.26. The van der Waals surface area contributed by atoms with E-state index in [4.69, 9.17) is 14.2 Å². The van der Waals surface area contributed by atoms with Crippen molar-refractivity contribution in [3.05, 3.63) is 131 Å². The number of hydrogen-bond donors (Lipinski definition) is 1. The maximum Gasteiger partial charge on any atom is 0.345 e. The number of hydrogen-bond acceptors (Lipinski definition) is 5. The Morgan fingerprint density at radius 3 is 2.17 bits per heavy atom. The van der Waals surface area contributed by atoms with Crippen LogP contribution < -0.4 is 9.47 Å². The molecule has 1 aliphatic rings. The molecule has 0 spiro atoms. The summed E-state index contributed by atoms with van der Waals surface area (Å²) in [5, 5.41) is 10.7. The molecule has 202 valence electrons. The van der Waals surface area contributed by atoms with Crippen LogP contribution in [0.5, 0.6) is 17.2 Å². The van der Waals surface area contributed by atoms with Gasteiger partial charge in [-0.3, -0.25) is 5.21 Å². The van der Waals surface area contributed by atoms with Crippen molar-refractivity contribution in [1.82, 2.24) is 0 Å². The number of carbonyl (C=O) groups is 1. The summed E-state index contributed by atoms with van der Waals surface area (Å²) < 4.78 is 18.7. The second kappa shape index (κ2) is 12.3. The van der Waals surface area contributed by atoms with Gasteiger partial charge in [-0.1, -0.05) is 66.7 Å². The number of ether oxygens (including phenoxy) is 3. The molecule has 4 aromatic carbocycles. The highest BCUT2D eigenvalue weighted by Gasteiger charge is 2.42. The van der Waals surface area contributed by atoms with E-state index in [9.17, 15) is 10.0 Å². The molecule has 0 amide bonds. The Bertz CT molecular complexity index is 1540. The number of aryl methyl sites for hydroxylation is 1. The number of fused-ring (bicyclic) bond motifs is 1. The third kappa shape index (κ3) is 5.76. The van der Waals surface area contributed by atoms with Gasteiger partial charge in [-0.2, -0.15) is 0 Å². The number of benzene rings is 4. The predicted molar refractivity (Wildman–Crippen MR) is 154 cm³/mol. The third-order valence-corrected chi connectivity index (χ3v) is 6.65. The first-order valence-corrected chi connectivity index (χ1v) is 13.4. The predicted octanol–water partition coefficient (Wildman–Crippen LogP) is 6.69. The van der Waals surface area contributed by atoms with Crippen LogP contribution in [0.3, 0.4) is 0 Å². The molecule has 1 aliphatic carbocycles. The first-order chi connectivity index (χ1) is 19.6. The minimum absolute atomic E-state index is 0.209. The van der Waals surface area contributed by atoms with Crippen LogP contribution in [0.4, 0.5) is 0 Å². The average molecular weight is 535 g/mol. The van der Waals surface area contributed by atoms with E-state index in [2.05, 4.69) is 12.1 Å². The third-order valence-electron chi connectivity index (χ3n) is 6.65. The van der Waals surface area contributed by atoms with E-state index in [0.717, 1.165) is 34.5 Å². The van der Waals surface area contributed by atoms with Gasteiger partial charge >= 0.3 is 5.97 Å². The fourth-order valence-corrected chi connectivity index (χ4v) is 4.93. The van der Waals surface area contributed by atoms with E-state index in [1.54, 1.807) is 6.92 Å². The second-order valence-corrected chi connectivity index (χ2v) is 9.40. The zero-order valence-electron chi connectivity index (χ0n) is 22.7. The van der Waals surface area contributed by atoms with Crippen LogP contribution in [0.1, 0.15) is 35.6 Å². The number of rotatable bonds is 10. The molecule has 0 unspecified atom stereocenters. The number of hydroxylamine groups is 1. The molecule has 0 radical (unpaired) electrons. The topological polar surface area (TPSA) is 68.0 Å². The summed E-state index contributed by atoms with van der Waals surface area (Å²) in [6.07, 6.45) is 1.73. The lowest BCUT2D eigenvalue weighted by Crippen LogP contribution is -2.22. The number of para-hydroxylation sites is 1. The molecule has 6 nitrogen and oxygen atoms in total. The summed E-state index contributed by atoms with van der Waals surface area (Å²) in [6.45, 7) is 2.47. The van der Waals surface area contributed by atoms with Gasteiger partial charge in [0.2, 0.25) is 0 Å². The van der Waals surface area contributed by atoms with Crippen molar-refractivity contribution in [2.24, 2.45) is 0 Å². The van der Waals surface area contributed by atoms with E-state index in [-0.39, 0.29) is 6.61 Å². The molecule has 40 heavy (non-hydrogen) atoms. The van der Waals surface area contributed by atoms with Crippen molar-refractivity contribution in [3.63, 3.8) is 0 Å². The fraction of sp³-hybridized carbons (Fsp3) is 0.176. The number of carbonyl (C=O) groups excluding carboxylic acids is 1.